The lowest BCUT2D eigenvalue weighted by Gasteiger charge is -2.18. The Morgan fingerprint density at radius 2 is 2.04 bits per heavy atom. The van der Waals surface area contributed by atoms with Crippen molar-refractivity contribution in [3.8, 4) is 11.3 Å². The fourth-order valence-electron chi connectivity index (χ4n) is 3.37. The van der Waals surface area contributed by atoms with Gasteiger partial charge >= 0.3 is 0 Å². The molecular weight excluding hydrogens is 314 g/mol. The minimum Gasteiger partial charge on any atom is -0.253 e. The van der Waals surface area contributed by atoms with E-state index in [2.05, 4.69) is 81.1 Å². The molecule has 26 heavy (non-hydrogen) atoms. The van der Waals surface area contributed by atoms with E-state index in [0.717, 1.165) is 30.7 Å². The summed E-state index contributed by atoms with van der Waals surface area (Å²) in [6.45, 7) is 8.25. The maximum Gasteiger partial charge on any atom is 0.0708 e. The van der Waals surface area contributed by atoms with Gasteiger partial charge < -0.3 is 0 Å². The van der Waals surface area contributed by atoms with Crippen molar-refractivity contribution in [1.29, 1.82) is 0 Å². The molecule has 0 amide bonds. The maximum absolute atomic E-state index is 4.73. The highest BCUT2D eigenvalue weighted by molar-refractivity contribution is 5.60. The number of benzene rings is 1. The number of aryl methyl sites for hydroxylation is 1. The van der Waals surface area contributed by atoms with Gasteiger partial charge in [-0.2, -0.15) is 0 Å². The molecule has 1 aromatic carbocycles. The van der Waals surface area contributed by atoms with Crippen LogP contribution in [0.1, 0.15) is 43.4 Å². The zero-order chi connectivity index (χ0) is 18.4. The third kappa shape index (κ3) is 4.29. The van der Waals surface area contributed by atoms with Crippen LogP contribution in [0.15, 0.2) is 90.6 Å². The quantitative estimate of drug-likeness (QED) is 0.519. The van der Waals surface area contributed by atoms with Crippen LogP contribution in [0.3, 0.4) is 0 Å². The van der Waals surface area contributed by atoms with Crippen LogP contribution in [0.2, 0.25) is 0 Å². The fourth-order valence-corrected chi connectivity index (χ4v) is 3.37. The highest BCUT2D eigenvalue weighted by Crippen LogP contribution is 2.31. The van der Waals surface area contributed by atoms with Crippen molar-refractivity contribution in [3.05, 3.63) is 102 Å². The van der Waals surface area contributed by atoms with E-state index in [1.165, 1.54) is 22.3 Å². The van der Waals surface area contributed by atoms with Crippen molar-refractivity contribution in [2.24, 2.45) is 0 Å². The Labute approximate surface area is 157 Å². The molecule has 0 aliphatic heterocycles. The van der Waals surface area contributed by atoms with Gasteiger partial charge in [-0.15, -0.1) is 0 Å². The number of hydrogen-bond donors (Lipinski definition) is 0. The Hall–Kier alpha value is -2.67. The van der Waals surface area contributed by atoms with Crippen molar-refractivity contribution in [1.82, 2.24) is 4.98 Å². The Bertz CT molecular complexity index is 853. The molecule has 0 N–H and O–H groups in total. The van der Waals surface area contributed by atoms with Crippen molar-refractivity contribution < 1.29 is 0 Å². The van der Waals surface area contributed by atoms with Gasteiger partial charge in [0, 0.05) is 17.2 Å². The van der Waals surface area contributed by atoms with Crippen LogP contribution in [0.5, 0.6) is 0 Å². The van der Waals surface area contributed by atoms with Crippen LogP contribution in [0.25, 0.3) is 11.3 Å². The van der Waals surface area contributed by atoms with Crippen LogP contribution in [0, 0.1) is 6.92 Å². The highest BCUT2D eigenvalue weighted by Gasteiger charge is 2.14. The topological polar surface area (TPSA) is 12.9 Å². The largest absolute Gasteiger partial charge is 0.253 e. The molecule has 3 rings (SSSR count). The molecule has 1 aliphatic rings. The molecule has 1 unspecified atom stereocenters. The molecule has 1 nitrogen and oxygen atoms in total. The Morgan fingerprint density at radius 3 is 2.69 bits per heavy atom. The first-order chi connectivity index (χ1) is 12.7. The average molecular weight is 341 g/mol. The first-order valence-corrected chi connectivity index (χ1v) is 9.46. The smallest absolute Gasteiger partial charge is 0.0708 e. The van der Waals surface area contributed by atoms with Crippen LogP contribution in [0.4, 0.5) is 0 Å². The third-order valence-corrected chi connectivity index (χ3v) is 4.78. The zero-order valence-corrected chi connectivity index (χ0v) is 15.8. The lowest BCUT2D eigenvalue weighted by molar-refractivity contribution is 0.841. The number of hydrogen-bond acceptors (Lipinski definition) is 1. The maximum atomic E-state index is 4.73. The molecule has 1 aliphatic carbocycles. The monoisotopic (exact) mass is 341 g/mol. The van der Waals surface area contributed by atoms with Gasteiger partial charge in [0.05, 0.1) is 5.69 Å². The van der Waals surface area contributed by atoms with Gasteiger partial charge in [0.15, 0.2) is 0 Å². The van der Waals surface area contributed by atoms with Gasteiger partial charge in [-0.05, 0) is 48.6 Å². The van der Waals surface area contributed by atoms with Crippen LogP contribution in [-0.2, 0) is 0 Å². The van der Waals surface area contributed by atoms with E-state index in [1.807, 2.05) is 12.1 Å². The first kappa shape index (κ1) is 18.1. The van der Waals surface area contributed by atoms with Gasteiger partial charge in [0.2, 0.25) is 0 Å². The van der Waals surface area contributed by atoms with E-state index in [1.54, 1.807) is 0 Å². The lowest BCUT2D eigenvalue weighted by atomic mass is 9.87. The summed E-state index contributed by atoms with van der Waals surface area (Å²) in [5.41, 5.74) is 7.17. The number of rotatable bonds is 6. The van der Waals surface area contributed by atoms with Crippen LogP contribution in [-0.4, -0.2) is 4.98 Å². The standard InChI is InChI=1S/C25H27N/c1-4-6-10-20(5-2)21-13-15-22(16-14-21)24-17-19(3)26-25(18-24)23-11-8-7-9-12-23/h5,7-15,17-18,22H,2,4,6,16H2,1,3H3/b20-10+. The zero-order valence-electron chi connectivity index (χ0n) is 15.8. The molecule has 0 fully saturated rings. The summed E-state index contributed by atoms with van der Waals surface area (Å²) in [5, 5.41) is 0. The van der Waals surface area contributed by atoms with Crippen molar-refractivity contribution in [2.45, 2.75) is 39.0 Å². The Kier molecular flexibility index (Phi) is 6.01. The molecule has 0 spiro atoms. The minimum atomic E-state index is 0.403. The van der Waals surface area contributed by atoms with Crippen LogP contribution < -0.4 is 0 Å². The summed E-state index contributed by atoms with van der Waals surface area (Å²) in [6.07, 6.45) is 14.4. The number of nitrogens with zero attached hydrogens (tertiary/aromatic N) is 1. The number of allylic oxidation sites excluding steroid dienone is 7. The third-order valence-electron chi connectivity index (χ3n) is 4.78. The predicted molar refractivity (Wildman–Crippen MR) is 112 cm³/mol. The van der Waals surface area contributed by atoms with E-state index in [-0.39, 0.29) is 0 Å². The first-order valence-electron chi connectivity index (χ1n) is 9.46. The molecule has 1 heterocycles. The van der Waals surface area contributed by atoms with E-state index in [4.69, 9.17) is 4.98 Å². The molecule has 0 radical (unpaired) electrons. The predicted octanol–water partition coefficient (Wildman–Crippen LogP) is 6.94. The van der Waals surface area contributed by atoms with Crippen molar-refractivity contribution in [2.75, 3.05) is 0 Å². The summed E-state index contributed by atoms with van der Waals surface area (Å²) < 4.78 is 0. The summed E-state index contributed by atoms with van der Waals surface area (Å²) in [5.74, 6) is 0.403. The second kappa shape index (κ2) is 8.62. The molecule has 1 aromatic heterocycles. The molecule has 132 valence electrons. The molecular formula is C25H27N. The van der Waals surface area contributed by atoms with E-state index >= 15 is 0 Å². The fraction of sp³-hybridized carbons (Fsp3) is 0.240. The molecule has 0 saturated heterocycles. The lowest BCUT2D eigenvalue weighted by Crippen LogP contribution is -2.02. The number of aromatic nitrogens is 1. The Balaban J connectivity index is 1.83. The van der Waals surface area contributed by atoms with E-state index in [9.17, 15) is 0 Å². The molecule has 2 aromatic rings. The summed E-state index contributed by atoms with van der Waals surface area (Å²) in [4.78, 5) is 4.73. The average Bonchev–Trinajstić information content (AvgIpc) is 2.69. The van der Waals surface area contributed by atoms with Gasteiger partial charge in [-0.1, -0.05) is 80.6 Å². The van der Waals surface area contributed by atoms with Gasteiger partial charge in [-0.3, -0.25) is 4.98 Å². The highest BCUT2D eigenvalue weighted by atomic mass is 14.7. The van der Waals surface area contributed by atoms with E-state index < -0.39 is 0 Å². The minimum absolute atomic E-state index is 0.403. The number of pyridine rings is 1. The molecule has 1 atom stereocenters. The van der Waals surface area contributed by atoms with E-state index in [0.29, 0.717) is 5.92 Å². The summed E-state index contributed by atoms with van der Waals surface area (Å²) in [7, 11) is 0. The van der Waals surface area contributed by atoms with Crippen molar-refractivity contribution in [3.63, 3.8) is 0 Å². The van der Waals surface area contributed by atoms with Crippen molar-refractivity contribution >= 4 is 0 Å². The normalized spacial score (nSPS) is 17.1. The van der Waals surface area contributed by atoms with Gasteiger partial charge in [0.1, 0.15) is 0 Å². The summed E-state index contributed by atoms with van der Waals surface area (Å²) in [6, 6.07) is 14.9. The van der Waals surface area contributed by atoms with Gasteiger partial charge in [0.25, 0.3) is 0 Å². The summed E-state index contributed by atoms with van der Waals surface area (Å²) >= 11 is 0. The molecule has 1 heteroatoms. The Morgan fingerprint density at radius 1 is 1.23 bits per heavy atom. The second-order valence-corrected chi connectivity index (χ2v) is 6.81. The van der Waals surface area contributed by atoms with Gasteiger partial charge in [-0.25, -0.2) is 0 Å². The SMILES string of the molecule is C=C/C(=C\CCC)C1=CCC(c2cc(C)nc(-c3ccccc3)c2)C=C1. The molecule has 0 saturated carbocycles. The van der Waals surface area contributed by atoms with Crippen LogP contribution >= 0.6 is 0 Å². The molecule has 0 bridgehead atoms. The second-order valence-electron chi connectivity index (χ2n) is 6.81. The number of unbranched alkanes of at least 4 members (excludes halogenated alkanes) is 1.